The third-order valence-electron chi connectivity index (χ3n) is 2.80. The fourth-order valence-corrected chi connectivity index (χ4v) is 1.88. The molecule has 17 heavy (non-hydrogen) atoms. The quantitative estimate of drug-likeness (QED) is 0.688. The summed E-state index contributed by atoms with van der Waals surface area (Å²) in [5.74, 6) is 0. The first kappa shape index (κ1) is 9.84. The molecule has 4 heteroatoms. The van der Waals surface area contributed by atoms with E-state index in [-0.39, 0.29) is 5.56 Å². The SMILES string of the molecule is Cc1ccc(-n2ccc3c(=O)[nH]cnc32)cc1. The maximum Gasteiger partial charge on any atom is 0.260 e. The minimum Gasteiger partial charge on any atom is -0.313 e. The number of aromatic nitrogens is 3. The number of hydrogen-bond donors (Lipinski definition) is 1. The Balaban J connectivity index is 2.28. The molecule has 0 atom stereocenters. The zero-order valence-corrected chi connectivity index (χ0v) is 9.34. The second-order valence-corrected chi connectivity index (χ2v) is 3.99. The van der Waals surface area contributed by atoms with Crippen LogP contribution in [0.5, 0.6) is 0 Å². The van der Waals surface area contributed by atoms with Crippen LogP contribution in [-0.2, 0) is 0 Å². The first-order valence-corrected chi connectivity index (χ1v) is 5.37. The lowest BCUT2D eigenvalue weighted by Crippen LogP contribution is -2.06. The number of aromatic amines is 1. The molecule has 0 unspecified atom stereocenters. The molecule has 1 aromatic carbocycles. The highest BCUT2D eigenvalue weighted by Gasteiger charge is 2.06. The van der Waals surface area contributed by atoms with Crippen molar-refractivity contribution in [2.75, 3.05) is 0 Å². The molecule has 0 amide bonds. The van der Waals surface area contributed by atoms with E-state index in [9.17, 15) is 4.79 Å². The second kappa shape index (κ2) is 3.59. The van der Waals surface area contributed by atoms with E-state index in [1.54, 1.807) is 6.07 Å². The van der Waals surface area contributed by atoms with Crippen LogP contribution >= 0.6 is 0 Å². The highest BCUT2D eigenvalue weighted by molar-refractivity contribution is 5.76. The van der Waals surface area contributed by atoms with E-state index in [1.807, 2.05) is 42.0 Å². The number of aryl methyl sites for hydroxylation is 1. The minimum absolute atomic E-state index is 0.110. The van der Waals surface area contributed by atoms with Crippen molar-refractivity contribution in [3.8, 4) is 5.69 Å². The number of H-pyrrole nitrogens is 1. The highest BCUT2D eigenvalue weighted by atomic mass is 16.1. The molecule has 84 valence electrons. The summed E-state index contributed by atoms with van der Waals surface area (Å²) in [6, 6.07) is 9.87. The Labute approximate surface area is 97.6 Å². The van der Waals surface area contributed by atoms with Gasteiger partial charge in [0, 0.05) is 11.9 Å². The van der Waals surface area contributed by atoms with Gasteiger partial charge in [-0.25, -0.2) is 4.98 Å². The van der Waals surface area contributed by atoms with Gasteiger partial charge in [0.1, 0.15) is 0 Å². The van der Waals surface area contributed by atoms with Crippen molar-refractivity contribution < 1.29 is 0 Å². The maximum atomic E-state index is 11.6. The third kappa shape index (κ3) is 1.54. The van der Waals surface area contributed by atoms with E-state index in [2.05, 4.69) is 9.97 Å². The van der Waals surface area contributed by atoms with Crippen LogP contribution in [0.3, 0.4) is 0 Å². The first-order valence-electron chi connectivity index (χ1n) is 5.37. The lowest BCUT2D eigenvalue weighted by Gasteiger charge is -2.04. The van der Waals surface area contributed by atoms with Crippen LogP contribution in [0.4, 0.5) is 0 Å². The summed E-state index contributed by atoms with van der Waals surface area (Å²) in [6.07, 6.45) is 3.28. The molecule has 3 rings (SSSR count). The van der Waals surface area contributed by atoms with E-state index < -0.39 is 0 Å². The topological polar surface area (TPSA) is 50.7 Å². The van der Waals surface area contributed by atoms with Crippen LogP contribution in [0.25, 0.3) is 16.7 Å². The Morgan fingerprint density at radius 1 is 1.18 bits per heavy atom. The van der Waals surface area contributed by atoms with Gasteiger partial charge in [-0.05, 0) is 25.1 Å². The van der Waals surface area contributed by atoms with E-state index in [0.29, 0.717) is 11.0 Å². The van der Waals surface area contributed by atoms with E-state index in [4.69, 9.17) is 0 Å². The monoisotopic (exact) mass is 225 g/mol. The summed E-state index contributed by atoms with van der Waals surface area (Å²) >= 11 is 0. The lowest BCUT2D eigenvalue weighted by atomic mass is 10.2. The Hall–Kier alpha value is -2.36. The van der Waals surface area contributed by atoms with Crippen molar-refractivity contribution >= 4 is 11.0 Å². The second-order valence-electron chi connectivity index (χ2n) is 3.99. The molecule has 0 spiro atoms. The number of nitrogens with zero attached hydrogens (tertiary/aromatic N) is 2. The molecule has 0 radical (unpaired) electrons. The predicted molar refractivity (Wildman–Crippen MR) is 66.4 cm³/mol. The number of nitrogens with one attached hydrogen (secondary N) is 1. The third-order valence-corrected chi connectivity index (χ3v) is 2.80. The molecule has 4 nitrogen and oxygen atoms in total. The summed E-state index contributed by atoms with van der Waals surface area (Å²) < 4.78 is 1.91. The summed E-state index contributed by atoms with van der Waals surface area (Å²) in [5.41, 5.74) is 2.78. The van der Waals surface area contributed by atoms with E-state index in [0.717, 1.165) is 5.69 Å². The molecule has 0 bridgehead atoms. The Morgan fingerprint density at radius 3 is 2.71 bits per heavy atom. The van der Waals surface area contributed by atoms with E-state index >= 15 is 0 Å². The predicted octanol–water partition coefficient (Wildman–Crippen LogP) is 2.02. The molecule has 0 saturated carbocycles. The van der Waals surface area contributed by atoms with Gasteiger partial charge in [0.15, 0.2) is 5.65 Å². The largest absolute Gasteiger partial charge is 0.313 e. The lowest BCUT2D eigenvalue weighted by molar-refractivity contribution is 1.06. The van der Waals surface area contributed by atoms with Gasteiger partial charge < -0.3 is 9.55 Å². The average molecular weight is 225 g/mol. The van der Waals surface area contributed by atoms with Crippen molar-refractivity contribution in [2.45, 2.75) is 6.92 Å². The molecule has 1 N–H and O–H groups in total. The van der Waals surface area contributed by atoms with Gasteiger partial charge in [-0.1, -0.05) is 17.7 Å². The van der Waals surface area contributed by atoms with Gasteiger partial charge in [0.2, 0.25) is 0 Å². The molecule has 0 saturated heterocycles. The van der Waals surface area contributed by atoms with Gasteiger partial charge in [0.25, 0.3) is 5.56 Å². The number of benzene rings is 1. The highest BCUT2D eigenvalue weighted by Crippen LogP contribution is 2.15. The maximum absolute atomic E-state index is 11.6. The van der Waals surface area contributed by atoms with Crippen LogP contribution in [0, 0.1) is 6.92 Å². The van der Waals surface area contributed by atoms with Crippen molar-refractivity contribution in [3.63, 3.8) is 0 Å². The van der Waals surface area contributed by atoms with Crippen LogP contribution in [0.1, 0.15) is 5.56 Å². The van der Waals surface area contributed by atoms with Crippen LogP contribution < -0.4 is 5.56 Å². The van der Waals surface area contributed by atoms with Gasteiger partial charge in [-0.2, -0.15) is 0 Å². The van der Waals surface area contributed by atoms with Crippen molar-refractivity contribution in [1.29, 1.82) is 0 Å². The number of hydrogen-bond acceptors (Lipinski definition) is 2. The number of rotatable bonds is 1. The molecular formula is C13H11N3O. The van der Waals surface area contributed by atoms with Crippen molar-refractivity contribution in [1.82, 2.24) is 14.5 Å². The molecule has 3 aromatic rings. The molecular weight excluding hydrogens is 214 g/mol. The Kier molecular flexibility index (Phi) is 2.08. The van der Waals surface area contributed by atoms with Gasteiger partial charge in [-0.15, -0.1) is 0 Å². The summed E-state index contributed by atoms with van der Waals surface area (Å²) in [5, 5.41) is 0.605. The fraction of sp³-hybridized carbons (Fsp3) is 0.0769. The molecule has 0 aliphatic rings. The number of fused-ring (bicyclic) bond motifs is 1. The average Bonchev–Trinajstić information content (AvgIpc) is 2.75. The Morgan fingerprint density at radius 2 is 1.94 bits per heavy atom. The van der Waals surface area contributed by atoms with Crippen molar-refractivity contribution in [2.24, 2.45) is 0 Å². The normalized spacial score (nSPS) is 10.9. The molecule has 0 aliphatic carbocycles. The Bertz CT molecular complexity index is 722. The molecule has 2 aromatic heterocycles. The zero-order valence-electron chi connectivity index (χ0n) is 9.34. The van der Waals surface area contributed by atoms with E-state index in [1.165, 1.54) is 11.9 Å². The van der Waals surface area contributed by atoms with Gasteiger partial charge in [-0.3, -0.25) is 4.79 Å². The molecule has 0 fully saturated rings. The van der Waals surface area contributed by atoms with Crippen LogP contribution in [-0.4, -0.2) is 14.5 Å². The summed E-state index contributed by atoms with van der Waals surface area (Å²) in [7, 11) is 0. The smallest absolute Gasteiger partial charge is 0.260 e. The standard InChI is InChI=1S/C13H11N3O/c1-9-2-4-10(5-3-9)16-7-6-11-12(16)14-8-15-13(11)17/h2-8H,1H3,(H,14,15,17). The molecule has 0 aliphatic heterocycles. The summed E-state index contributed by atoms with van der Waals surface area (Å²) in [4.78, 5) is 18.3. The van der Waals surface area contributed by atoms with Crippen molar-refractivity contribution in [3.05, 3.63) is 58.8 Å². The zero-order chi connectivity index (χ0) is 11.8. The van der Waals surface area contributed by atoms with Crippen LogP contribution in [0.2, 0.25) is 0 Å². The molecule has 2 heterocycles. The minimum atomic E-state index is -0.110. The fourth-order valence-electron chi connectivity index (χ4n) is 1.88. The van der Waals surface area contributed by atoms with Gasteiger partial charge >= 0.3 is 0 Å². The first-order chi connectivity index (χ1) is 8.25. The van der Waals surface area contributed by atoms with Gasteiger partial charge in [0.05, 0.1) is 11.7 Å². The summed E-state index contributed by atoms with van der Waals surface area (Å²) in [6.45, 7) is 2.04. The van der Waals surface area contributed by atoms with Crippen LogP contribution in [0.15, 0.2) is 47.7 Å².